The molecule has 1 aliphatic heterocycles. The Morgan fingerprint density at radius 1 is 1.32 bits per heavy atom. The van der Waals surface area contributed by atoms with E-state index in [9.17, 15) is 4.79 Å². The first kappa shape index (κ1) is 14.4. The van der Waals surface area contributed by atoms with Gasteiger partial charge >= 0.3 is 0 Å². The lowest BCUT2D eigenvalue weighted by Gasteiger charge is -2.26. The minimum absolute atomic E-state index is 0.0540. The van der Waals surface area contributed by atoms with Gasteiger partial charge in [0.25, 0.3) is 0 Å². The fourth-order valence-corrected chi connectivity index (χ4v) is 2.62. The smallest absolute Gasteiger partial charge is 0.246 e. The molecule has 2 aromatic heterocycles. The number of aryl methyl sites for hydroxylation is 2. The molecule has 0 aromatic carbocycles. The summed E-state index contributed by atoms with van der Waals surface area (Å²) in [6, 6.07) is 1.99. The predicted octanol–water partition coefficient (Wildman–Crippen LogP) is 2.09. The standard InChI is InChI=1S/C17H20N4O/c1-19-9-7-14(11-19)5-6-17(22)21-8-3-4-15(13-21)16-10-18-20(2)12-16/h4-7,9-12H,3,8,13H2,1-2H3/b6-5+. The van der Waals surface area contributed by atoms with Gasteiger partial charge in [-0.25, -0.2) is 0 Å². The number of aromatic nitrogens is 3. The first-order valence-electron chi connectivity index (χ1n) is 7.39. The molecule has 3 rings (SSSR count). The molecule has 0 saturated heterocycles. The fraction of sp³-hybridized carbons (Fsp3) is 0.294. The summed E-state index contributed by atoms with van der Waals surface area (Å²) < 4.78 is 3.75. The number of nitrogens with zero attached hydrogens (tertiary/aromatic N) is 4. The van der Waals surface area contributed by atoms with Gasteiger partial charge in [-0.3, -0.25) is 9.48 Å². The number of carbonyl (C=O) groups excluding carboxylic acids is 1. The van der Waals surface area contributed by atoms with Crippen LogP contribution in [0.15, 0.2) is 43.0 Å². The molecule has 3 heterocycles. The van der Waals surface area contributed by atoms with Crippen LogP contribution in [0.2, 0.25) is 0 Å². The average molecular weight is 296 g/mol. The second-order valence-corrected chi connectivity index (χ2v) is 5.62. The van der Waals surface area contributed by atoms with Gasteiger partial charge < -0.3 is 9.47 Å². The molecule has 22 heavy (non-hydrogen) atoms. The summed E-state index contributed by atoms with van der Waals surface area (Å²) in [5.74, 6) is 0.0540. The molecule has 0 atom stereocenters. The summed E-state index contributed by atoms with van der Waals surface area (Å²) in [5.41, 5.74) is 3.30. The monoisotopic (exact) mass is 296 g/mol. The van der Waals surface area contributed by atoms with Gasteiger partial charge in [-0.1, -0.05) is 6.08 Å². The van der Waals surface area contributed by atoms with Gasteiger partial charge in [-0.05, 0) is 29.7 Å². The van der Waals surface area contributed by atoms with E-state index in [1.807, 2.05) is 60.5 Å². The van der Waals surface area contributed by atoms with Crippen LogP contribution in [0.25, 0.3) is 11.6 Å². The third-order valence-corrected chi connectivity index (χ3v) is 3.81. The molecule has 0 unspecified atom stereocenters. The minimum Gasteiger partial charge on any atom is -0.357 e. The lowest BCUT2D eigenvalue weighted by molar-refractivity contribution is -0.125. The second kappa shape index (κ2) is 6.05. The highest BCUT2D eigenvalue weighted by molar-refractivity contribution is 5.93. The van der Waals surface area contributed by atoms with Gasteiger partial charge in [0.05, 0.1) is 6.20 Å². The summed E-state index contributed by atoms with van der Waals surface area (Å²) in [6.07, 6.45) is 14.4. The Kier molecular flexibility index (Phi) is 3.96. The van der Waals surface area contributed by atoms with Gasteiger partial charge in [0.1, 0.15) is 0 Å². The predicted molar refractivity (Wildman–Crippen MR) is 86.8 cm³/mol. The largest absolute Gasteiger partial charge is 0.357 e. The topological polar surface area (TPSA) is 43.1 Å². The van der Waals surface area contributed by atoms with E-state index in [1.54, 1.807) is 10.8 Å². The zero-order valence-corrected chi connectivity index (χ0v) is 12.9. The zero-order chi connectivity index (χ0) is 15.5. The molecule has 2 aromatic rings. The third kappa shape index (κ3) is 3.19. The van der Waals surface area contributed by atoms with E-state index in [1.165, 1.54) is 5.57 Å². The lowest BCUT2D eigenvalue weighted by atomic mass is 10.0. The van der Waals surface area contributed by atoms with Crippen LogP contribution >= 0.6 is 0 Å². The molecule has 1 amide bonds. The molecular weight excluding hydrogens is 276 g/mol. The van der Waals surface area contributed by atoms with Crippen LogP contribution in [0.5, 0.6) is 0 Å². The van der Waals surface area contributed by atoms with Crippen molar-refractivity contribution in [2.45, 2.75) is 6.42 Å². The molecule has 0 spiro atoms. The van der Waals surface area contributed by atoms with E-state index in [-0.39, 0.29) is 5.91 Å². The highest BCUT2D eigenvalue weighted by Gasteiger charge is 2.17. The highest BCUT2D eigenvalue weighted by Crippen LogP contribution is 2.20. The van der Waals surface area contributed by atoms with Gasteiger partial charge in [0.2, 0.25) is 5.91 Å². The Morgan fingerprint density at radius 3 is 2.86 bits per heavy atom. The van der Waals surface area contributed by atoms with Crippen LogP contribution in [-0.4, -0.2) is 38.2 Å². The molecule has 0 radical (unpaired) electrons. The van der Waals surface area contributed by atoms with E-state index in [0.29, 0.717) is 6.54 Å². The van der Waals surface area contributed by atoms with Gasteiger partial charge in [0, 0.05) is 57.4 Å². The quantitative estimate of drug-likeness (QED) is 0.814. The first-order chi connectivity index (χ1) is 10.6. The maximum atomic E-state index is 12.3. The van der Waals surface area contributed by atoms with Crippen molar-refractivity contribution in [3.63, 3.8) is 0 Å². The Balaban J connectivity index is 1.66. The van der Waals surface area contributed by atoms with Gasteiger partial charge in [-0.2, -0.15) is 5.10 Å². The molecule has 1 aliphatic rings. The molecule has 114 valence electrons. The first-order valence-corrected chi connectivity index (χ1v) is 7.39. The molecule has 0 saturated carbocycles. The molecule has 0 fully saturated rings. The van der Waals surface area contributed by atoms with Crippen LogP contribution in [0.4, 0.5) is 0 Å². The summed E-state index contributed by atoms with van der Waals surface area (Å²) in [7, 11) is 3.87. The number of hydrogen-bond donors (Lipinski definition) is 0. The van der Waals surface area contributed by atoms with Crippen LogP contribution in [0, 0.1) is 0 Å². The summed E-state index contributed by atoms with van der Waals surface area (Å²) >= 11 is 0. The minimum atomic E-state index is 0.0540. The Labute approximate surface area is 130 Å². The van der Waals surface area contributed by atoms with E-state index in [0.717, 1.165) is 24.1 Å². The highest BCUT2D eigenvalue weighted by atomic mass is 16.2. The zero-order valence-electron chi connectivity index (χ0n) is 12.9. The van der Waals surface area contributed by atoms with Crippen molar-refractivity contribution in [2.24, 2.45) is 14.1 Å². The average Bonchev–Trinajstić information content (AvgIpc) is 3.13. The lowest BCUT2D eigenvalue weighted by Crippen LogP contribution is -2.34. The van der Waals surface area contributed by atoms with E-state index in [2.05, 4.69) is 11.2 Å². The second-order valence-electron chi connectivity index (χ2n) is 5.62. The van der Waals surface area contributed by atoms with Crippen molar-refractivity contribution in [1.82, 2.24) is 19.2 Å². The van der Waals surface area contributed by atoms with E-state index < -0.39 is 0 Å². The van der Waals surface area contributed by atoms with E-state index in [4.69, 9.17) is 0 Å². The van der Waals surface area contributed by atoms with Crippen molar-refractivity contribution in [1.29, 1.82) is 0 Å². The van der Waals surface area contributed by atoms with Crippen molar-refractivity contribution in [3.05, 3.63) is 54.1 Å². The molecule has 5 heteroatoms. The normalized spacial score (nSPS) is 15.4. The van der Waals surface area contributed by atoms with Crippen molar-refractivity contribution in [3.8, 4) is 0 Å². The van der Waals surface area contributed by atoms with Crippen molar-refractivity contribution >= 4 is 17.6 Å². The maximum absolute atomic E-state index is 12.3. The molecule has 5 nitrogen and oxygen atoms in total. The van der Waals surface area contributed by atoms with Crippen molar-refractivity contribution in [2.75, 3.05) is 13.1 Å². The Morgan fingerprint density at radius 2 is 2.18 bits per heavy atom. The number of rotatable bonds is 3. The van der Waals surface area contributed by atoms with Crippen LogP contribution in [0.1, 0.15) is 17.5 Å². The van der Waals surface area contributed by atoms with Crippen LogP contribution in [-0.2, 0) is 18.9 Å². The number of carbonyl (C=O) groups is 1. The Hall–Kier alpha value is -2.56. The summed E-state index contributed by atoms with van der Waals surface area (Å²) in [4.78, 5) is 14.2. The number of hydrogen-bond acceptors (Lipinski definition) is 2. The van der Waals surface area contributed by atoms with Crippen LogP contribution in [0.3, 0.4) is 0 Å². The van der Waals surface area contributed by atoms with Crippen molar-refractivity contribution < 1.29 is 4.79 Å². The van der Waals surface area contributed by atoms with Crippen LogP contribution < -0.4 is 0 Å². The Bertz CT molecular complexity index is 735. The maximum Gasteiger partial charge on any atom is 0.246 e. The molecule has 0 N–H and O–H groups in total. The third-order valence-electron chi connectivity index (χ3n) is 3.81. The van der Waals surface area contributed by atoms with E-state index >= 15 is 0 Å². The molecular formula is C17H20N4O. The van der Waals surface area contributed by atoms with Gasteiger partial charge in [0.15, 0.2) is 0 Å². The van der Waals surface area contributed by atoms with Gasteiger partial charge in [-0.15, -0.1) is 0 Å². The summed E-state index contributed by atoms with van der Waals surface area (Å²) in [6.45, 7) is 1.41. The number of amides is 1. The molecule has 0 aliphatic carbocycles. The SMILES string of the molecule is Cn1ccc(/C=C/C(=O)N2CCC=C(c3cnn(C)c3)C2)c1. The molecule has 0 bridgehead atoms. The fourth-order valence-electron chi connectivity index (χ4n) is 2.62. The summed E-state index contributed by atoms with van der Waals surface area (Å²) in [5, 5.41) is 4.20.